The Morgan fingerprint density at radius 3 is 1.41 bits per heavy atom. The third kappa shape index (κ3) is 6.41. The van der Waals surface area contributed by atoms with E-state index in [0.717, 1.165) is 38.5 Å². The van der Waals surface area contributed by atoms with Gasteiger partial charge in [-0.25, -0.2) is 8.78 Å². The van der Waals surface area contributed by atoms with Gasteiger partial charge in [-0.3, -0.25) is 0 Å². The summed E-state index contributed by atoms with van der Waals surface area (Å²) in [6.07, 6.45) is 6.23. The van der Waals surface area contributed by atoms with Crippen molar-refractivity contribution in [2.75, 3.05) is 0 Å². The molecule has 2 rings (SSSR count). The monoisotopic (exact) mass is 409 g/mol. The first-order chi connectivity index (χ1) is 14.0. The van der Waals surface area contributed by atoms with Crippen molar-refractivity contribution in [2.45, 2.75) is 65.2 Å². The van der Waals surface area contributed by atoms with Gasteiger partial charge in [0.1, 0.15) is 11.5 Å². The fourth-order valence-electron chi connectivity index (χ4n) is 2.97. The van der Waals surface area contributed by atoms with E-state index in [1.165, 1.54) is 24.3 Å². The van der Waals surface area contributed by atoms with E-state index in [9.17, 15) is 17.6 Å². The van der Waals surface area contributed by atoms with Gasteiger partial charge in [0.25, 0.3) is 0 Å². The number of aryl methyl sites for hydroxylation is 2. The summed E-state index contributed by atoms with van der Waals surface area (Å²) in [4.78, 5) is 0. The summed E-state index contributed by atoms with van der Waals surface area (Å²) < 4.78 is 66.4. The topological polar surface area (TPSA) is 18.5 Å². The first kappa shape index (κ1) is 23.1. The van der Waals surface area contributed by atoms with Gasteiger partial charge >= 0.3 is 7.69 Å². The Morgan fingerprint density at radius 2 is 1.03 bits per heavy atom. The Bertz CT molecular complexity index is 733. The van der Waals surface area contributed by atoms with Crippen LogP contribution in [0.2, 0.25) is 0 Å². The molecule has 0 spiro atoms. The van der Waals surface area contributed by atoms with Crippen LogP contribution in [0.25, 0.3) is 0 Å². The van der Waals surface area contributed by atoms with Crippen LogP contribution in [0.3, 0.4) is 0 Å². The summed E-state index contributed by atoms with van der Waals surface area (Å²) in [5.74, 6) is -5.01. The molecule has 0 aliphatic rings. The fraction of sp³-hybridized carbons (Fsp3) is 0.455. The van der Waals surface area contributed by atoms with Crippen LogP contribution >= 0.6 is 0 Å². The predicted molar refractivity (Wildman–Crippen MR) is 106 cm³/mol. The van der Waals surface area contributed by atoms with Crippen LogP contribution in [0.15, 0.2) is 24.3 Å². The number of hydrogen-bond acceptors (Lipinski definition) is 2. The van der Waals surface area contributed by atoms with E-state index in [2.05, 4.69) is 0 Å². The maximum Gasteiger partial charge on any atom is 0.658 e. The zero-order valence-electron chi connectivity index (χ0n) is 16.9. The van der Waals surface area contributed by atoms with Crippen molar-refractivity contribution < 1.29 is 26.9 Å². The van der Waals surface area contributed by atoms with E-state index < -0.39 is 23.3 Å². The van der Waals surface area contributed by atoms with Crippen LogP contribution in [0.5, 0.6) is 11.5 Å². The minimum atomic E-state index is -1.14. The lowest BCUT2D eigenvalue weighted by atomic mass is 10.1. The van der Waals surface area contributed by atoms with Crippen LogP contribution in [0.1, 0.15) is 63.5 Å². The molecule has 0 unspecified atom stereocenters. The van der Waals surface area contributed by atoms with E-state index in [1.807, 2.05) is 13.8 Å². The second kappa shape index (κ2) is 11.7. The summed E-state index contributed by atoms with van der Waals surface area (Å²) in [5, 5.41) is 0. The highest BCUT2D eigenvalue weighted by Crippen LogP contribution is 2.26. The molecule has 2 nitrogen and oxygen atoms in total. The number of benzene rings is 2. The van der Waals surface area contributed by atoms with Crippen molar-refractivity contribution >= 4 is 7.69 Å². The average Bonchev–Trinajstić information content (AvgIpc) is 2.71. The molecule has 2 aromatic carbocycles. The molecule has 0 fully saturated rings. The summed E-state index contributed by atoms with van der Waals surface area (Å²) in [6.45, 7) is 4.05. The van der Waals surface area contributed by atoms with Crippen molar-refractivity contribution in [2.24, 2.45) is 0 Å². The lowest BCUT2D eigenvalue weighted by Crippen LogP contribution is -2.14. The van der Waals surface area contributed by atoms with Crippen molar-refractivity contribution in [1.82, 2.24) is 0 Å². The molecule has 0 amide bonds. The van der Waals surface area contributed by atoms with Gasteiger partial charge in [0, 0.05) is 0 Å². The molecule has 0 aromatic heterocycles. The Balaban J connectivity index is 1.95. The van der Waals surface area contributed by atoms with Crippen molar-refractivity contribution in [1.29, 1.82) is 0 Å². The van der Waals surface area contributed by atoms with Crippen LogP contribution in [-0.2, 0) is 12.8 Å². The van der Waals surface area contributed by atoms with E-state index in [-0.39, 0.29) is 22.6 Å². The zero-order chi connectivity index (χ0) is 21.2. The molecular formula is C22H26BF4O2. The van der Waals surface area contributed by atoms with Gasteiger partial charge in [-0.05, 0) is 48.9 Å². The highest BCUT2D eigenvalue weighted by molar-refractivity contribution is 6.20. The van der Waals surface area contributed by atoms with Crippen molar-refractivity contribution in [3.63, 3.8) is 0 Å². The Morgan fingerprint density at radius 1 is 0.621 bits per heavy atom. The summed E-state index contributed by atoms with van der Waals surface area (Å²) in [5.41, 5.74) is 0.548. The molecule has 0 heterocycles. The zero-order valence-corrected chi connectivity index (χ0v) is 16.9. The molecule has 0 saturated carbocycles. The molecule has 2 aromatic rings. The van der Waals surface area contributed by atoms with Gasteiger partial charge in [0.15, 0.2) is 23.3 Å². The Hall–Kier alpha value is -2.18. The number of halogens is 4. The normalized spacial score (nSPS) is 10.8. The van der Waals surface area contributed by atoms with Gasteiger partial charge in [-0.1, -0.05) is 51.7 Å². The first-order valence-corrected chi connectivity index (χ1v) is 10.1. The van der Waals surface area contributed by atoms with Crippen LogP contribution in [0.4, 0.5) is 17.6 Å². The van der Waals surface area contributed by atoms with Crippen molar-refractivity contribution in [3.05, 3.63) is 58.7 Å². The smallest absolute Gasteiger partial charge is 0.524 e. The Labute approximate surface area is 170 Å². The highest BCUT2D eigenvalue weighted by atomic mass is 19.2. The maximum absolute atomic E-state index is 14.1. The minimum absolute atomic E-state index is 0.274. The standard InChI is InChI=1S/C22H26BF4O2/c1-3-5-7-9-15-11-13-17(21(26)19(15)24)28-23-29-18-14-12-16(10-8-6-4-2)20(25)22(18)27/h11-14H,3-10H2,1-2H3. The molecule has 0 aliphatic heterocycles. The fourth-order valence-corrected chi connectivity index (χ4v) is 2.97. The largest absolute Gasteiger partial charge is 0.658 e. The molecule has 0 atom stereocenters. The lowest BCUT2D eigenvalue weighted by Gasteiger charge is -2.12. The SMILES string of the molecule is CCCCCc1ccc(O[B]Oc2ccc(CCCCC)c(F)c2F)c(F)c1F. The number of unbranched alkanes of at least 4 members (excludes halogenated alkanes) is 4. The molecule has 29 heavy (non-hydrogen) atoms. The molecule has 1 radical (unpaired) electrons. The van der Waals surface area contributed by atoms with E-state index in [1.54, 1.807) is 0 Å². The van der Waals surface area contributed by atoms with E-state index in [4.69, 9.17) is 9.31 Å². The third-order valence-corrected chi connectivity index (χ3v) is 4.70. The molecule has 0 N–H and O–H groups in total. The molecule has 7 heteroatoms. The van der Waals surface area contributed by atoms with E-state index in [0.29, 0.717) is 20.5 Å². The quantitative estimate of drug-likeness (QED) is 0.221. The molecule has 0 saturated heterocycles. The van der Waals surface area contributed by atoms with Gasteiger partial charge in [-0.2, -0.15) is 8.78 Å². The molecule has 0 bridgehead atoms. The number of hydrogen-bond donors (Lipinski definition) is 0. The molecule has 0 aliphatic carbocycles. The predicted octanol–water partition coefficient (Wildman–Crippen LogP) is 6.70. The van der Waals surface area contributed by atoms with E-state index >= 15 is 0 Å². The van der Waals surface area contributed by atoms with Crippen LogP contribution in [-0.4, -0.2) is 7.69 Å². The van der Waals surface area contributed by atoms with Gasteiger partial charge in [0.2, 0.25) is 0 Å². The third-order valence-electron chi connectivity index (χ3n) is 4.70. The van der Waals surface area contributed by atoms with Gasteiger partial charge in [-0.15, -0.1) is 0 Å². The second-order valence-corrected chi connectivity index (χ2v) is 6.95. The first-order valence-electron chi connectivity index (χ1n) is 10.1. The summed E-state index contributed by atoms with van der Waals surface area (Å²) in [6, 6.07) is 5.46. The summed E-state index contributed by atoms with van der Waals surface area (Å²) >= 11 is 0. The maximum atomic E-state index is 14.1. The highest BCUT2D eigenvalue weighted by Gasteiger charge is 2.18. The summed E-state index contributed by atoms with van der Waals surface area (Å²) in [7, 11) is 0.656. The van der Waals surface area contributed by atoms with Gasteiger partial charge in [0.05, 0.1) is 0 Å². The molecule has 157 valence electrons. The van der Waals surface area contributed by atoms with Crippen molar-refractivity contribution in [3.8, 4) is 11.5 Å². The van der Waals surface area contributed by atoms with Gasteiger partial charge < -0.3 is 9.31 Å². The van der Waals surface area contributed by atoms with Crippen LogP contribution < -0.4 is 9.31 Å². The average molecular weight is 409 g/mol. The second-order valence-electron chi connectivity index (χ2n) is 6.95. The lowest BCUT2D eigenvalue weighted by molar-refractivity contribution is 0.396. The Kier molecular flexibility index (Phi) is 9.35. The molecular weight excluding hydrogens is 383 g/mol. The minimum Gasteiger partial charge on any atom is -0.524 e. The number of rotatable bonds is 12. The van der Waals surface area contributed by atoms with Crippen LogP contribution in [0, 0.1) is 23.3 Å².